The maximum absolute atomic E-state index is 9.85. The number of aryl methyl sites for hydroxylation is 2. The fourth-order valence-corrected chi connectivity index (χ4v) is 1.99. The number of benzene rings is 1. The van der Waals surface area contributed by atoms with Crippen molar-refractivity contribution < 1.29 is 10.2 Å². The molecule has 0 spiro atoms. The average molecular weight is 222 g/mol. The SMILES string of the molecule is CCCCCc1cc(CC)c(C)c(O)c1O. The van der Waals surface area contributed by atoms with Gasteiger partial charge < -0.3 is 10.2 Å². The fourth-order valence-electron chi connectivity index (χ4n) is 1.99. The van der Waals surface area contributed by atoms with Gasteiger partial charge in [-0.05, 0) is 42.9 Å². The molecule has 0 unspecified atom stereocenters. The van der Waals surface area contributed by atoms with Crippen molar-refractivity contribution in [2.75, 3.05) is 0 Å². The molecule has 0 aliphatic rings. The third kappa shape index (κ3) is 2.69. The molecule has 0 aliphatic carbocycles. The van der Waals surface area contributed by atoms with Gasteiger partial charge in [-0.3, -0.25) is 0 Å². The standard InChI is InChI=1S/C14H22O2/c1-4-6-7-8-12-9-11(5-2)10(3)13(15)14(12)16/h9,15-16H,4-8H2,1-3H3. The fraction of sp³-hybridized carbons (Fsp3) is 0.571. The summed E-state index contributed by atoms with van der Waals surface area (Å²) in [5.74, 6) is 0.136. The van der Waals surface area contributed by atoms with Gasteiger partial charge in [-0.1, -0.05) is 32.8 Å². The highest BCUT2D eigenvalue weighted by molar-refractivity contribution is 5.53. The molecule has 0 bridgehead atoms. The number of unbranched alkanes of at least 4 members (excludes halogenated alkanes) is 2. The molecule has 0 atom stereocenters. The Balaban J connectivity index is 2.95. The number of phenolic OH excluding ortho intramolecular Hbond substituents is 2. The van der Waals surface area contributed by atoms with Gasteiger partial charge in [0.1, 0.15) is 0 Å². The van der Waals surface area contributed by atoms with Crippen molar-refractivity contribution in [3.8, 4) is 11.5 Å². The van der Waals surface area contributed by atoms with Crippen molar-refractivity contribution in [2.45, 2.75) is 52.9 Å². The number of hydrogen-bond donors (Lipinski definition) is 2. The van der Waals surface area contributed by atoms with Crippen molar-refractivity contribution in [1.29, 1.82) is 0 Å². The topological polar surface area (TPSA) is 40.5 Å². The first-order chi connectivity index (χ1) is 7.61. The zero-order chi connectivity index (χ0) is 12.1. The first kappa shape index (κ1) is 12.9. The zero-order valence-corrected chi connectivity index (χ0v) is 10.5. The predicted molar refractivity (Wildman–Crippen MR) is 67.1 cm³/mol. The summed E-state index contributed by atoms with van der Waals surface area (Å²) in [6.07, 6.45) is 5.13. The van der Waals surface area contributed by atoms with Crippen molar-refractivity contribution >= 4 is 0 Å². The second-order valence-corrected chi connectivity index (χ2v) is 4.33. The maximum atomic E-state index is 9.85. The van der Waals surface area contributed by atoms with E-state index in [9.17, 15) is 10.2 Å². The second kappa shape index (κ2) is 5.78. The molecule has 2 heteroatoms. The Morgan fingerprint density at radius 3 is 2.25 bits per heavy atom. The Morgan fingerprint density at radius 1 is 1.00 bits per heavy atom. The lowest BCUT2D eigenvalue weighted by atomic mass is 9.97. The van der Waals surface area contributed by atoms with Gasteiger partial charge in [-0.2, -0.15) is 0 Å². The summed E-state index contributed by atoms with van der Waals surface area (Å²) in [7, 11) is 0. The summed E-state index contributed by atoms with van der Waals surface area (Å²) in [4.78, 5) is 0. The van der Waals surface area contributed by atoms with Gasteiger partial charge >= 0.3 is 0 Å². The van der Waals surface area contributed by atoms with E-state index in [1.807, 2.05) is 13.0 Å². The quantitative estimate of drug-likeness (QED) is 0.589. The van der Waals surface area contributed by atoms with Gasteiger partial charge in [0.25, 0.3) is 0 Å². The minimum atomic E-state index is 0.0610. The van der Waals surface area contributed by atoms with E-state index in [2.05, 4.69) is 13.8 Å². The Kier molecular flexibility index (Phi) is 4.66. The van der Waals surface area contributed by atoms with Crippen molar-refractivity contribution in [3.63, 3.8) is 0 Å². The largest absolute Gasteiger partial charge is 0.504 e. The van der Waals surface area contributed by atoms with Gasteiger partial charge in [0.2, 0.25) is 0 Å². The molecule has 0 heterocycles. The van der Waals surface area contributed by atoms with Crippen molar-refractivity contribution in [3.05, 3.63) is 22.8 Å². The first-order valence-corrected chi connectivity index (χ1v) is 6.15. The van der Waals surface area contributed by atoms with E-state index in [0.717, 1.165) is 42.4 Å². The van der Waals surface area contributed by atoms with E-state index in [1.165, 1.54) is 6.42 Å². The second-order valence-electron chi connectivity index (χ2n) is 4.33. The summed E-state index contributed by atoms with van der Waals surface area (Å²) < 4.78 is 0. The van der Waals surface area contributed by atoms with Crippen molar-refractivity contribution in [2.24, 2.45) is 0 Å². The lowest BCUT2D eigenvalue weighted by Crippen LogP contribution is -1.94. The lowest BCUT2D eigenvalue weighted by Gasteiger charge is -2.12. The highest BCUT2D eigenvalue weighted by Gasteiger charge is 2.12. The molecule has 0 saturated heterocycles. The van der Waals surface area contributed by atoms with Crippen LogP contribution in [-0.2, 0) is 12.8 Å². The van der Waals surface area contributed by atoms with Crippen LogP contribution in [0.2, 0.25) is 0 Å². The summed E-state index contributed by atoms with van der Waals surface area (Å²) in [5.41, 5.74) is 2.81. The number of hydrogen-bond acceptors (Lipinski definition) is 2. The van der Waals surface area contributed by atoms with Crippen LogP contribution in [-0.4, -0.2) is 10.2 Å². The number of rotatable bonds is 5. The van der Waals surface area contributed by atoms with Gasteiger partial charge in [0, 0.05) is 0 Å². The minimum Gasteiger partial charge on any atom is -0.504 e. The van der Waals surface area contributed by atoms with Gasteiger partial charge in [0.05, 0.1) is 0 Å². The number of aromatic hydroxyl groups is 2. The predicted octanol–water partition coefficient (Wildman–Crippen LogP) is 3.70. The molecule has 16 heavy (non-hydrogen) atoms. The van der Waals surface area contributed by atoms with E-state index in [-0.39, 0.29) is 11.5 Å². The van der Waals surface area contributed by atoms with Crippen LogP contribution in [0.15, 0.2) is 6.07 Å². The van der Waals surface area contributed by atoms with E-state index in [1.54, 1.807) is 0 Å². The molecular weight excluding hydrogens is 200 g/mol. The van der Waals surface area contributed by atoms with Crippen molar-refractivity contribution in [1.82, 2.24) is 0 Å². The molecule has 0 radical (unpaired) electrons. The highest BCUT2D eigenvalue weighted by Crippen LogP contribution is 2.35. The summed E-state index contributed by atoms with van der Waals surface area (Å²) >= 11 is 0. The molecule has 0 fully saturated rings. The van der Waals surface area contributed by atoms with Gasteiger partial charge in [-0.15, -0.1) is 0 Å². The Labute approximate surface area is 97.9 Å². The summed E-state index contributed by atoms with van der Waals surface area (Å²) in [6, 6.07) is 2.03. The minimum absolute atomic E-state index is 0.0610. The van der Waals surface area contributed by atoms with Gasteiger partial charge in [0.15, 0.2) is 11.5 Å². The first-order valence-electron chi connectivity index (χ1n) is 6.15. The molecule has 2 nitrogen and oxygen atoms in total. The summed E-state index contributed by atoms with van der Waals surface area (Å²) in [6.45, 7) is 6.07. The van der Waals surface area contributed by atoms with Crippen LogP contribution >= 0.6 is 0 Å². The highest BCUT2D eigenvalue weighted by atomic mass is 16.3. The molecule has 1 aromatic carbocycles. The van der Waals surface area contributed by atoms with Crippen LogP contribution in [0.5, 0.6) is 11.5 Å². The number of phenols is 2. The van der Waals surface area contributed by atoms with E-state index >= 15 is 0 Å². The molecule has 0 aliphatic heterocycles. The molecule has 0 aromatic heterocycles. The van der Waals surface area contributed by atoms with Gasteiger partial charge in [-0.25, -0.2) is 0 Å². The Morgan fingerprint density at radius 2 is 1.69 bits per heavy atom. The third-order valence-electron chi connectivity index (χ3n) is 3.14. The molecule has 1 rings (SSSR count). The van der Waals surface area contributed by atoms with E-state index in [4.69, 9.17) is 0 Å². The average Bonchev–Trinajstić information content (AvgIpc) is 2.29. The third-order valence-corrected chi connectivity index (χ3v) is 3.14. The van der Waals surface area contributed by atoms with Crippen LogP contribution in [0.4, 0.5) is 0 Å². The molecule has 0 saturated carbocycles. The van der Waals surface area contributed by atoms with Crippen LogP contribution in [0.3, 0.4) is 0 Å². The molecular formula is C14H22O2. The molecule has 90 valence electrons. The Bertz CT molecular complexity index is 356. The maximum Gasteiger partial charge on any atom is 0.160 e. The lowest BCUT2D eigenvalue weighted by molar-refractivity contribution is 0.395. The van der Waals surface area contributed by atoms with Crippen LogP contribution in [0, 0.1) is 6.92 Å². The molecule has 2 N–H and O–H groups in total. The van der Waals surface area contributed by atoms with E-state index in [0.29, 0.717) is 0 Å². The molecule has 0 amide bonds. The molecule has 1 aromatic rings. The Hall–Kier alpha value is -1.18. The zero-order valence-electron chi connectivity index (χ0n) is 10.5. The van der Waals surface area contributed by atoms with Crippen LogP contribution in [0.1, 0.15) is 49.8 Å². The summed E-state index contributed by atoms with van der Waals surface area (Å²) in [5, 5.41) is 19.7. The smallest absolute Gasteiger partial charge is 0.160 e. The van der Waals surface area contributed by atoms with Crippen LogP contribution < -0.4 is 0 Å². The van der Waals surface area contributed by atoms with Crippen LogP contribution in [0.25, 0.3) is 0 Å². The monoisotopic (exact) mass is 222 g/mol. The van der Waals surface area contributed by atoms with E-state index < -0.39 is 0 Å². The normalized spacial score (nSPS) is 10.7.